The standard InChI is InChI=1S/4C19H17OP.CH4O3S.3FH/c4*1-20-16-12-14-19(15-13-16)21(17-8-4-2-5-9-17)18-10-6-3-7-11-18;1-5(2,3)4;;;/h4*2-15H,1H3;1H3,(H,2,3,4);3*1H. The van der Waals surface area contributed by atoms with E-state index in [2.05, 4.69) is 291 Å². The van der Waals surface area contributed by atoms with Gasteiger partial charge in [-0.3, -0.25) is 0 Å². The van der Waals surface area contributed by atoms with Crippen LogP contribution in [0.4, 0.5) is 0 Å². The van der Waals surface area contributed by atoms with E-state index in [1.165, 1.54) is 63.7 Å². The first-order chi connectivity index (χ1) is 43.5. The molecule has 0 atom stereocenters. The van der Waals surface area contributed by atoms with Crippen molar-refractivity contribution in [3.05, 3.63) is 340 Å². The Bertz CT molecular complexity index is 3350. The third kappa shape index (κ3) is 22.9. The number of halogens is 3. The van der Waals surface area contributed by atoms with Crippen LogP contribution in [0.2, 0.25) is 0 Å². The molecule has 12 aromatic carbocycles. The molecule has 0 aliphatic carbocycles. The SMILES string of the molecule is COc1ccc([PH+](c2ccccc2)c2ccccc2)cc1.COc1ccc([PH+](c2ccccc2)c2ccccc2)cc1.COc1ccc([PH+](c2ccccc2)c2ccccc2)cc1.COc1ccc([PH+](c2ccccc2)c2ccccc2)cc1.CS(=O)(=O)[O-].[F-].[F-].[F-]. The second kappa shape index (κ2) is 39.5. The van der Waals surface area contributed by atoms with E-state index in [-0.39, 0.29) is 14.1 Å². The fourth-order valence-electron chi connectivity index (χ4n) is 9.87. The van der Waals surface area contributed by atoms with E-state index in [1.54, 1.807) is 28.4 Å². The molecule has 92 heavy (non-hydrogen) atoms. The lowest BCUT2D eigenvalue weighted by molar-refractivity contribution is -0.00100. The number of hydrogen-bond acceptors (Lipinski definition) is 7. The Morgan fingerprint density at radius 2 is 0.315 bits per heavy atom. The Morgan fingerprint density at radius 3 is 0.413 bits per heavy atom. The minimum atomic E-state index is -3.92. The second-order valence-corrected chi connectivity index (χ2v) is 31.4. The second-order valence-electron chi connectivity index (χ2n) is 20.0. The summed E-state index contributed by atoms with van der Waals surface area (Å²) in [6.07, 6.45) is 0.604. The van der Waals surface area contributed by atoms with Crippen LogP contribution in [0.1, 0.15) is 0 Å². The number of hydrogen-bond donors (Lipinski definition) is 0. The highest BCUT2D eigenvalue weighted by Gasteiger charge is 2.28. The molecule has 15 heteroatoms. The van der Waals surface area contributed by atoms with Crippen molar-refractivity contribution in [2.75, 3.05) is 34.7 Å². The van der Waals surface area contributed by atoms with Crippen LogP contribution in [-0.4, -0.2) is 47.7 Å². The van der Waals surface area contributed by atoms with Gasteiger partial charge in [0.25, 0.3) is 0 Å². The predicted octanol–water partition coefficient (Wildman–Crippen LogP) is 2.92. The van der Waals surface area contributed by atoms with Gasteiger partial charge in [-0.2, -0.15) is 0 Å². The number of benzene rings is 12. The van der Waals surface area contributed by atoms with Crippen molar-refractivity contribution in [2.24, 2.45) is 0 Å². The van der Waals surface area contributed by atoms with Gasteiger partial charge < -0.3 is 37.6 Å². The first kappa shape index (κ1) is 74.0. The molecule has 0 aliphatic rings. The molecule has 0 fully saturated rings. The van der Waals surface area contributed by atoms with Gasteiger partial charge in [0.15, 0.2) is 0 Å². The Balaban J connectivity index is 0.000000215. The Kier molecular flexibility index (Phi) is 31.8. The van der Waals surface area contributed by atoms with Crippen molar-refractivity contribution in [1.82, 2.24) is 0 Å². The topological polar surface area (TPSA) is 94.1 Å². The summed E-state index contributed by atoms with van der Waals surface area (Å²) in [5.41, 5.74) is 0. The van der Waals surface area contributed by atoms with Crippen molar-refractivity contribution >= 4 is 105 Å². The molecule has 0 aromatic heterocycles. The number of ether oxygens (including phenoxy) is 4. The smallest absolute Gasteiger partial charge is 0.119 e. The van der Waals surface area contributed by atoms with Crippen LogP contribution < -0.4 is 96.7 Å². The minimum Gasteiger partial charge on any atom is -1.00 e. The summed E-state index contributed by atoms with van der Waals surface area (Å²) < 4.78 is 48.3. The molecule has 0 radical (unpaired) electrons. The van der Waals surface area contributed by atoms with Crippen LogP contribution in [0, 0.1) is 0 Å². The van der Waals surface area contributed by atoms with Crippen LogP contribution in [0.3, 0.4) is 0 Å². The van der Waals surface area contributed by atoms with Gasteiger partial charge in [0, 0.05) is 6.26 Å². The Morgan fingerprint density at radius 1 is 0.217 bits per heavy atom. The lowest BCUT2D eigenvalue weighted by Gasteiger charge is -2.11. The molecule has 0 unspecified atom stereocenters. The molecule has 12 rings (SSSR count). The van der Waals surface area contributed by atoms with Gasteiger partial charge in [-0.25, -0.2) is 8.42 Å². The lowest BCUT2D eigenvalue weighted by atomic mass is 10.3. The van der Waals surface area contributed by atoms with Crippen molar-refractivity contribution in [3.8, 4) is 23.0 Å². The third-order valence-electron chi connectivity index (χ3n) is 14.0. The van der Waals surface area contributed by atoms with Crippen LogP contribution in [-0.2, 0) is 10.1 Å². The zero-order chi connectivity index (χ0) is 62.5. The maximum atomic E-state index is 9.08. The molecule has 12 aromatic rings. The fourth-order valence-corrected chi connectivity index (χ4v) is 20.1. The molecule has 0 bridgehead atoms. The van der Waals surface area contributed by atoms with E-state index in [0.717, 1.165) is 23.0 Å². The third-order valence-corrected chi connectivity index (χ3v) is 24.9. The quantitative estimate of drug-likeness (QED) is 0.109. The van der Waals surface area contributed by atoms with Crippen LogP contribution >= 0.6 is 31.7 Å². The summed E-state index contributed by atoms with van der Waals surface area (Å²) >= 11 is 0. The van der Waals surface area contributed by atoms with E-state index in [9.17, 15) is 0 Å². The van der Waals surface area contributed by atoms with E-state index in [0.29, 0.717) is 6.26 Å². The highest BCUT2D eigenvalue weighted by atomic mass is 32.2. The van der Waals surface area contributed by atoms with Crippen molar-refractivity contribution in [1.29, 1.82) is 0 Å². The van der Waals surface area contributed by atoms with Gasteiger partial charge in [-0.15, -0.1) is 0 Å². The normalized spacial score (nSPS) is 10.3. The first-order valence-corrected chi connectivity index (χ1v) is 36.7. The van der Waals surface area contributed by atoms with Gasteiger partial charge >= 0.3 is 0 Å². The lowest BCUT2D eigenvalue weighted by Crippen LogP contribution is -3.00. The summed E-state index contributed by atoms with van der Waals surface area (Å²) in [6.45, 7) is 0. The summed E-state index contributed by atoms with van der Waals surface area (Å²) in [5.74, 6) is 3.62. The molecule has 0 aliphatic heterocycles. The monoisotopic (exact) mass is 1320 g/mol. The maximum absolute atomic E-state index is 9.08. The van der Waals surface area contributed by atoms with Crippen molar-refractivity contribution in [3.63, 3.8) is 0 Å². The zero-order valence-electron chi connectivity index (χ0n) is 51.7. The zero-order valence-corrected chi connectivity index (χ0v) is 56.5. The van der Waals surface area contributed by atoms with E-state index in [1.807, 2.05) is 48.5 Å². The maximum Gasteiger partial charge on any atom is 0.119 e. The number of methoxy groups -OCH3 is 4. The average Bonchev–Trinajstić information content (AvgIpc) is 1.10. The molecule has 0 N–H and O–H groups in total. The summed E-state index contributed by atoms with van der Waals surface area (Å²) in [6, 6.07) is 120. The molecule has 7 nitrogen and oxygen atoms in total. The van der Waals surface area contributed by atoms with Crippen molar-refractivity contribution < 1.29 is 46.0 Å². The van der Waals surface area contributed by atoms with E-state index in [4.69, 9.17) is 31.9 Å². The molecule has 0 spiro atoms. The van der Waals surface area contributed by atoms with E-state index >= 15 is 0 Å². The summed E-state index contributed by atoms with van der Waals surface area (Å²) in [7, 11) is -0.932. The predicted molar refractivity (Wildman–Crippen MR) is 388 cm³/mol. The summed E-state index contributed by atoms with van der Waals surface area (Å²) in [4.78, 5) is 0. The highest BCUT2D eigenvalue weighted by Crippen LogP contribution is 2.36. The molecular weight excluding hydrogens is 1250 g/mol. The molecule has 0 saturated carbocycles. The average molecular weight is 1330 g/mol. The van der Waals surface area contributed by atoms with Gasteiger partial charge in [0.05, 0.1) is 70.2 Å². The summed E-state index contributed by atoms with van der Waals surface area (Å²) in [5, 5.41) is 16.7. The highest BCUT2D eigenvalue weighted by molar-refractivity contribution is 7.85. The molecule has 0 saturated heterocycles. The molecule has 0 amide bonds. The van der Waals surface area contributed by atoms with Crippen LogP contribution in [0.15, 0.2) is 340 Å². The Labute approximate surface area is 545 Å². The largest absolute Gasteiger partial charge is 1.00 e. The van der Waals surface area contributed by atoms with Crippen LogP contribution in [0.5, 0.6) is 23.0 Å². The minimum absolute atomic E-state index is 0. The Hall–Kier alpha value is -8.74. The van der Waals surface area contributed by atoms with E-state index < -0.39 is 41.8 Å². The van der Waals surface area contributed by atoms with Crippen LogP contribution in [0.25, 0.3) is 0 Å². The molecule has 472 valence electrons. The van der Waals surface area contributed by atoms with Crippen molar-refractivity contribution in [2.45, 2.75) is 0 Å². The van der Waals surface area contributed by atoms with Gasteiger partial charge in [-0.1, -0.05) is 146 Å². The fraction of sp³-hybridized carbons (Fsp3) is 0.0649. The molecule has 0 heterocycles. The first-order valence-electron chi connectivity index (χ1n) is 28.9. The number of rotatable bonds is 16. The van der Waals surface area contributed by atoms with Gasteiger partial charge in [-0.05, 0) is 194 Å². The van der Waals surface area contributed by atoms with Gasteiger partial charge in [0.1, 0.15) is 86.7 Å². The molecular formula is C77H75F3O7P4S. The van der Waals surface area contributed by atoms with Gasteiger partial charge in [0.2, 0.25) is 0 Å².